The van der Waals surface area contributed by atoms with E-state index in [4.69, 9.17) is 13.9 Å². The number of benzene rings is 1. The van der Waals surface area contributed by atoms with Crippen molar-refractivity contribution in [2.75, 3.05) is 13.2 Å². The van der Waals surface area contributed by atoms with Gasteiger partial charge in [0.05, 0.1) is 13.2 Å². The van der Waals surface area contributed by atoms with Crippen molar-refractivity contribution in [3.05, 3.63) is 48.2 Å². The quantitative estimate of drug-likeness (QED) is 0.579. The van der Waals surface area contributed by atoms with Gasteiger partial charge in [0.15, 0.2) is 5.92 Å². The lowest BCUT2D eigenvalue weighted by Crippen LogP contribution is -2.29. The molecule has 0 bridgehead atoms. The molecule has 2 rings (SSSR count). The zero-order chi connectivity index (χ0) is 16.7. The van der Waals surface area contributed by atoms with Gasteiger partial charge in [0.25, 0.3) is 0 Å². The van der Waals surface area contributed by atoms with Crippen molar-refractivity contribution in [2.45, 2.75) is 20.3 Å². The Morgan fingerprint density at radius 1 is 0.957 bits per heavy atom. The Kier molecular flexibility index (Phi) is 5.97. The fourth-order valence-corrected chi connectivity index (χ4v) is 2.19. The monoisotopic (exact) mass is 316 g/mol. The molecule has 0 aliphatic carbocycles. The van der Waals surface area contributed by atoms with Gasteiger partial charge in [0.1, 0.15) is 11.5 Å². The van der Waals surface area contributed by atoms with E-state index < -0.39 is 17.9 Å². The Labute approximate surface area is 135 Å². The van der Waals surface area contributed by atoms with Crippen LogP contribution in [0.5, 0.6) is 0 Å². The minimum absolute atomic E-state index is 0.116. The van der Waals surface area contributed by atoms with E-state index in [1.165, 1.54) is 0 Å². The highest BCUT2D eigenvalue weighted by Gasteiger charge is 2.31. The maximum Gasteiger partial charge on any atom is 0.320 e. The summed E-state index contributed by atoms with van der Waals surface area (Å²) in [5.41, 5.74) is 0.933. The molecule has 0 saturated heterocycles. The lowest BCUT2D eigenvalue weighted by atomic mass is 10.0. The van der Waals surface area contributed by atoms with Crippen molar-refractivity contribution < 1.29 is 23.5 Å². The second-order valence-corrected chi connectivity index (χ2v) is 4.89. The van der Waals surface area contributed by atoms with Gasteiger partial charge in [-0.25, -0.2) is 0 Å². The van der Waals surface area contributed by atoms with Gasteiger partial charge in [-0.3, -0.25) is 9.59 Å². The molecular formula is C18H20O5. The fourth-order valence-electron chi connectivity index (χ4n) is 2.19. The number of carbonyl (C=O) groups is 2. The van der Waals surface area contributed by atoms with Crippen molar-refractivity contribution in [1.29, 1.82) is 0 Å². The van der Waals surface area contributed by atoms with Crippen LogP contribution in [0.2, 0.25) is 0 Å². The van der Waals surface area contributed by atoms with E-state index in [0.29, 0.717) is 11.5 Å². The molecule has 0 fully saturated rings. The molecule has 0 atom stereocenters. The van der Waals surface area contributed by atoms with Crippen LogP contribution in [0.1, 0.15) is 19.6 Å². The van der Waals surface area contributed by atoms with Crippen LogP contribution in [0.3, 0.4) is 0 Å². The van der Waals surface area contributed by atoms with Gasteiger partial charge in [-0.1, -0.05) is 30.3 Å². The van der Waals surface area contributed by atoms with E-state index in [9.17, 15) is 9.59 Å². The number of hydrogen-bond donors (Lipinski definition) is 0. The molecule has 0 aliphatic rings. The predicted molar refractivity (Wildman–Crippen MR) is 84.6 cm³/mol. The second kappa shape index (κ2) is 8.17. The number of ether oxygens (including phenoxy) is 2. The Morgan fingerprint density at radius 3 is 2.13 bits per heavy atom. The summed E-state index contributed by atoms with van der Waals surface area (Å²) in [4.78, 5) is 24.0. The number of carbonyl (C=O) groups excluding carboxylic acids is 2. The van der Waals surface area contributed by atoms with E-state index in [-0.39, 0.29) is 19.6 Å². The van der Waals surface area contributed by atoms with Crippen LogP contribution in [0.25, 0.3) is 11.3 Å². The van der Waals surface area contributed by atoms with Crippen LogP contribution in [-0.4, -0.2) is 25.2 Å². The van der Waals surface area contributed by atoms with Crippen molar-refractivity contribution >= 4 is 11.9 Å². The lowest BCUT2D eigenvalue weighted by Gasteiger charge is -2.13. The molecule has 2 aromatic rings. The fraction of sp³-hybridized carbons (Fsp3) is 0.333. The molecule has 0 N–H and O–H groups in total. The molecule has 0 saturated carbocycles. The number of furan rings is 1. The van der Waals surface area contributed by atoms with Crippen molar-refractivity contribution in [3.63, 3.8) is 0 Å². The van der Waals surface area contributed by atoms with E-state index in [1.54, 1.807) is 19.9 Å². The zero-order valence-electron chi connectivity index (χ0n) is 13.3. The highest BCUT2D eigenvalue weighted by Crippen LogP contribution is 2.24. The third kappa shape index (κ3) is 4.45. The van der Waals surface area contributed by atoms with E-state index in [2.05, 4.69) is 0 Å². The Hall–Kier alpha value is -2.56. The third-order valence-electron chi connectivity index (χ3n) is 3.27. The van der Waals surface area contributed by atoms with Crippen molar-refractivity contribution in [2.24, 2.45) is 5.92 Å². The SMILES string of the molecule is CCOC(=O)C(Cc1ccc(-c2ccccc2)o1)C(=O)OCC. The summed E-state index contributed by atoms with van der Waals surface area (Å²) in [6, 6.07) is 13.2. The van der Waals surface area contributed by atoms with Gasteiger partial charge < -0.3 is 13.9 Å². The number of esters is 2. The van der Waals surface area contributed by atoms with Crippen LogP contribution in [-0.2, 0) is 25.5 Å². The molecule has 5 heteroatoms. The first-order valence-electron chi connectivity index (χ1n) is 7.63. The molecule has 0 amide bonds. The molecule has 1 aromatic carbocycles. The van der Waals surface area contributed by atoms with Crippen LogP contribution >= 0.6 is 0 Å². The molecule has 1 heterocycles. The Bertz CT molecular complexity index is 626. The molecule has 0 spiro atoms. The van der Waals surface area contributed by atoms with Gasteiger partial charge in [0.2, 0.25) is 0 Å². The first-order chi connectivity index (χ1) is 11.2. The normalized spacial score (nSPS) is 10.6. The largest absolute Gasteiger partial charge is 0.465 e. The van der Waals surface area contributed by atoms with Gasteiger partial charge >= 0.3 is 11.9 Å². The van der Waals surface area contributed by atoms with E-state index in [0.717, 1.165) is 5.56 Å². The van der Waals surface area contributed by atoms with Crippen LogP contribution in [0.15, 0.2) is 46.9 Å². The standard InChI is InChI=1S/C18H20O5/c1-3-21-17(19)15(18(20)22-4-2)12-14-10-11-16(23-14)13-8-6-5-7-9-13/h5-11,15H,3-4,12H2,1-2H3. The topological polar surface area (TPSA) is 65.7 Å². The first kappa shape index (κ1) is 16.8. The molecular weight excluding hydrogens is 296 g/mol. The average molecular weight is 316 g/mol. The maximum absolute atomic E-state index is 12.0. The Balaban J connectivity index is 2.15. The van der Waals surface area contributed by atoms with Gasteiger partial charge in [0, 0.05) is 12.0 Å². The summed E-state index contributed by atoms with van der Waals surface area (Å²) in [6.07, 6.45) is 0.116. The summed E-state index contributed by atoms with van der Waals surface area (Å²) >= 11 is 0. The molecule has 122 valence electrons. The number of hydrogen-bond acceptors (Lipinski definition) is 5. The molecule has 5 nitrogen and oxygen atoms in total. The van der Waals surface area contributed by atoms with E-state index >= 15 is 0 Å². The molecule has 0 unspecified atom stereocenters. The molecule has 0 radical (unpaired) electrons. The van der Waals surface area contributed by atoms with Gasteiger partial charge in [-0.05, 0) is 26.0 Å². The smallest absolute Gasteiger partial charge is 0.320 e. The highest BCUT2D eigenvalue weighted by molar-refractivity contribution is 5.95. The van der Waals surface area contributed by atoms with Gasteiger partial charge in [-0.2, -0.15) is 0 Å². The summed E-state index contributed by atoms with van der Waals surface area (Å²) in [7, 11) is 0. The summed E-state index contributed by atoms with van der Waals surface area (Å²) in [5, 5.41) is 0. The number of rotatable bonds is 7. The van der Waals surface area contributed by atoms with Crippen molar-refractivity contribution in [1.82, 2.24) is 0 Å². The summed E-state index contributed by atoms with van der Waals surface area (Å²) in [5.74, 6) is -0.973. The maximum atomic E-state index is 12.0. The lowest BCUT2D eigenvalue weighted by molar-refractivity contribution is -0.161. The summed E-state index contributed by atoms with van der Waals surface area (Å²) in [6.45, 7) is 3.81. The molecule has 1 aromatic heterocycles. The highest BCUT2D eigenvalue weighted by atomic mass is 16.6. The zero-order valence-corrected chi connectivity index (χ0v) is 13.3. The first-order valence-corrected chi connectivity index (χ1v) is 7.63. The van der Waals surface area contributed by atoms with Crippen molar-refractivity contribution in [3.8, 4) is 11.3 Å². The Morgan fingerprint density at radius 2 is 1.57 bits per heavy atom. The minimum atomic E-state index is -1.01. The average Bonchev–Trinajstić information content (AvgIpc) is 3.02. The van der Waals surface area contributed by atoms with E-state index in [1.807, 2.05) is 36.4 Å². The molecule has 0 aliphatic heterocycles. The van der Waals surface area contributed by atoms with Crippen LogP contribution < -0.4 is 0 Å². The van der Waals surface area contributed by atoms with Crippen LogP contribution in [0.4, 0.5) is 0 Å². The summed E-state index contributed by atoms with van der Waals surface area (Å²) < 4.78 is 15.6. The molecule has 23 heavy (non-hydrogen) atoms. The van der Waals surface area contributed by atoms with Gasteiger partial charge in [-0.15, -0.1) is 0 Å². The third-order valence-corrected chi connectivity index (χ3v) is 3.27. The van der Waals surface area contributed by atoms with Crippen LogP contribution in [0, 0.1) is 5.92 Å². The predicted octanol–water partition coefficient (Wildman–Crippen LogP) is 3.23. The second-order valence-electron chi connectivity index (χ2n) is 4.89. The minimum Gasteiger partial charge on any atom is -0.465 e.